The number of hydrogen-bond donors (Lipinski definition) is 3. The number of unbranched alkanes of at least 4 members (excludes halogenated alkanes) is 38. The maximum Gasteiger partial charge on any atom is 0.305 e. The van der Waals surface area contributed by atoms with Gasteiger partial charge < -0.3 is 20.3 Å². The first kappa shape index (κ1) is 60.3. The van der Waals surface area contributed by atoms with E-state index in [1.54, 1.807) is 6.08 Å². The normalized spacial score (nSPS) is 12.8. The summed E-state index contributed by atoms with van der Waals surface area (Å²) in [6.07, 6.45) is 61.9. The Morgan fingerprint density at radius 3 is 1.15 bits per heavy atom. The SMILES string of the molecule is CCCCCCCC/C=C\CCCCCCCC(=O)OCCCCCCCCCCCC(=O)NC(CO)C(O)/C=C/CCCCCCCCCCCCCCCCCCCCC. The number of amides is 1. The molecule has 6 nitrogen and oxygen atoms in total. The molecule has 0 aliphatic heterocycles. The molecule has 0 aliphatic rings. The zero-order valence-corrected chi connectivity index (χ0v) is 41.6. The molecule has 0 aromatic rings. The van der Waals surface area contributed by atoms with Gasteiger partial charge in [-0.1, -0.05) is 250 Å². The van der Waals surface area contributed by atoms with Crippen molar-refractivity contribution in [3.8, 4) is 0 Å². The van der Waals surface area contributed by atoms with Crippen LogP contribution in [-0.2, 0) is 14.3 Å². The van der Waals surface area contributed by atoms with Crippen LogP contribution in [-0.4, -0.2) is 47.4 Å². The fraction of sp³-hybridized carbons (Fsp3) is 0.893. The highest BCUT2D eigenvalue weighted by atomic mass is 16.5. The molecular formula is C56H107NO5. The Kier molecular flexibility index (Phi) is 50.6. The fourth-order valence-electron chi connectivity index (χ4n) is 8.45. The van der Waals surface area contributed by atoms with Gasteiger partial charge in [0.15, 0.2) is 0 Å². The second-order valence-electron chi connectivity index (χ2n) is 18.9. The number of aliphatic hydroxyl groups excluding tert-OH is 2. The third kappa shape index (κ3) is 47.8. The summed E-state index contributed by atoms with van der Waals surface area (Å²) in [5.74, 6) is -0.129. The van der Waals surface area contributed by atoms with Crippen molar-refractivity contribution in [3.05, 3.63) is 24.3 Å². The first-order valence-corrected chi connectivity index (χ1v) is 27.6. The summed E-state index contributed by atoms with van der Waals surface area (Å²) in [5, 5.41) is 23.1. The molecule has 0 fully saturated rings. The zero-order chi connectivity index (χ0) is 45.1. The summed E-state index contributed by atoms with van der Waals surface area (Å²) >= 11 is 0. The highest BCUT2D eigenvalue weighted by Crippen LogP contribution is 2.16. The summed E-state index contributed by atoms with van der Waals surface area (Å²) in [5.41, 5.74) is 0. The second kappa shape index (κ2) is 52.0. The molecule has 0 rings (SSSR count). The fourth-order valence-corrected chi connectivity index (χ4v) is 8.45. The maximum absolute atomic E-state index is 12.5. The smallest absolute Gasteiger partial charge is 0.305 e. The van der Waals surface area contributed by atoms with Crippen molar-refractivity contribution < 1.29 is 24.5 Å². The average Bonchev–Trinajstić information content (AvgIpc) is 3.27. The van der Waals surface area contributed by atoms with Crippen molar-refractivity contribution >= 4 is 11.9 Å². The quantitative estimate of drug-likeness (QED) is 0.0321. The van der Waals surface area contributed by atoms with Crippen LogP contribution in [0.4, 0.5) is 0 Å². The van der Waals surface area contributed by atoms with Crippen LogP contribution in [0, 0.1) is 0 Å². The van der Waals surface area contributed by atoms with Crippen LogP contribution >= 0.6 is 0 Å². The van der Waals surface area contributed by atoms with E-state index in [9.17, 15) is 19.8 Å². The number of aliphatic hydroxyl groups is 2. The van der Waals surface area contributed by atoms with Crippen LogP contribution < -0.4 is 5.32 Å². The molecule has 0 saturated carbocycles. The van der Waals surface area contributed by atoms with Gasteiger partial charge in [0.25, 0.3) is 0 Å². The molecule has 0 radical (unpaired) electrons. The molecule has 3 N–H and O–H groups in total. The lowest BCUT2D eigenvalue weighted by molar-refractivity contribution is -0.143. The first-order chi connectivity index (χ1) is 30.5. The molecule has 6 heteroatoms. The third-order valence-corrected chi connectivity index (χ3v) is 12.7. The predicted molar refractivity (Wildman–Crippen MR) is 269 cm³/mol. The van der Waals surface area contributed by atoms with Gasteiger partial charge in [0, 0.05) is 12.8 Å². The van der Waals surface area contributed by atoms with E-state index in [0.717, 1.165) is 57.8 Å². The van der Waals surface area contributed by atoms with Crippen molar-refractivity contribution in [2.24, 2.45) is 0 Å². The number of rotatable bonds is 51. The number of esters is 1. The van der Waals surface area contributed by atoms with Crippen molar-refractivity contribution in [2.45, 2.75) is 309 Å². The maximum atomic E-state index is 12.5. The molecule has 0 aromatic heterocycles. The Hall–Kier alpha value is -1.66. The van der Waals surface area contributed by atoms with Crippen LogP contribution in [0.2, 0.25) is 0 Å². The minimum atomic E-state index is -0.863. The number of allylic oxidation sites excluding steroid dienone is 3. The lowest BCUT2D eigenvalue weighted by Gasteiger charge is -2.20. The Morgan fingerprint density at radius 1 is 0.435 bits per heavy atom. The minimum Gasteiger partial charge on any atom is -0.466 e. The van der Waals surface area contributed by atoms with Gasteiger partial charge in [-0.05, 0) is 57.8 Å². The van der Waals surface area contributed by atoms with Gasteiger partial charge in [-0.25, -0.2) is 0 Å². The third-order valence-electron chi connectivity index (χ3n) is 12.7. The largest absolute Gasteiger partial charge is 0.466 e. The van der Waals surface area contributed by atoms with Crippen LogP contribution in [0.15, 0.2) is 24.3 Å². The summed E-state index contributed by atoms with van der Waals surface area (Å²) in [4.78, 5) is 24.5. The highest BCUT2D eigenvalue weighted by Gasteiger charge is 2.18. The van der Waals surface area contributed by atoms with E-state index in [1.807, 2.05) is 6.08 Å². The van der Waals surface area contributed by atoms with E-state index in [1.165, 1.54) is 212 Å². The van der Waals surface area contributed by atoms with Crippen LogP contribution in [0.5, 0.6) is 0 Å². The summed E-state index contributed by atoms with van der Waals surface area (Å²) in [7, 11) is 0. The lowest BCUT2D eigenvalue weighted by Crippen LogP contribution is -2.45. The Balaban J connectivity index is 3.52. The van der Waals surface area contributed by atoms with Crippen molar-refractivity contribution in [1.29, 1.82) is 0 Å². The molecule has 0 bridgehead atoms. The van der Waals surface area contributed by atoms with Gasteiger partial charge in [0.05, 0.1) is 25.4 Å². The zero-order valence-electron chi connectivity index (χ0n) is 41.6. The van der Waals surface area contributed by atoms with E-state index < -0.39 is 12.1 Å². The molecule has 1 amide bonds. The standard InChI is InChI=1S/C56H107NO5/c1-3-5-7-9-11-13-15-17-19-20-21-22-23-24-26-27-29-32-36-40-44-48-54(59)53(52-58)57-55(60)49-45-41-37-33-31-35-39-43-47-51-62-56(61)50-46-42-38-34-30-28-25-18-16-14-12-10-8-6-4-2/h18,25,44,48,53-54,58-59H,3-17,19-24,26-43,45-47,49-52H2,1-2H3,(H,57,60)/b25-18-,48-44+. The Bertz CT molecular complexity index is 966. The number of hydrogen-bond acceptors (Lipinski definition) is 5. The molecule has 0 spiro atoms. The van der Waals surface area contributed by atoms with E-state index in [-0.39, 0.29) is 18.5 Å². The lowest BCUT2D eigenvalue weighted by atomic mass is 10.0. The van der Waals surface area contributed by atoms with Crippen molar-refractivity contribution in [2.75, 3.05) is 13.2 Å². The molecule has 0 aromatic carbocycles. The molecule has 0 aliphatic carbocycles. The molecule has 366 valence electrons. The topological polar surface area (TPSA) is 95.9 Å². The first-order valence-electron chi connectivity index (χ1n) is 27.6. The van der Waals surface area contributed by atoms with Gasteiger partial charge in [0.2, 0.25) is 5.91 Å². The Labute approximate surface area is 386 Å². The van der Waals surface area contributed by atoms with Crippen molar-refractivity contribution in [1.82, 2.24) is 5.32 Å². The summed E-state index contributed by atoms with van der Waals surface area (Å²) in [6, 6.07) is -0.649. The van der Waals surface area contributed by atoms with Gasteiger partial charge in [-0.15, -0.1) is 0 Å². The summed E-state index contributed by atoms with van der Waals surface area (Å²) < 4.78 is 5.45. The Morgan fingerprint density at radius 2 is 0.758 bits per heavy atom. The minimum absolute atomic E-state index is 0.0347. The van der Waals surface area contributed by atoms with E-state index in [4.69, 9.17) is 4.74 Å². The predicted octanol–water partition coefficient (Wildman–Crippen LogP) is 16.7. The van der Waals surface area contributed by atoms with Crippen LogP contribution in [0.1, 0.15) is 296 Å². The van der Waals surface area contributed by atoms with E-state index in [0.29, 0.717) is 19.4 Å². The number of ether oxygens (including phenoxy) is 1. The van der Waals surface area contributed by atoms with Gasteiger partial charge in [0.1, 0.15) is 0 Å². The summed E-state index contributed by atoms with van der Waals surface area (Å²) in [6.45, 7) is 4.84. The van der Waals surface area contributed by atoms with Crippen molar-refractivity contribution in [3.63, 3.8) is 0 Å². The van der Waals surface area contributed by atoms with Crippen LogP contribution in [0.25, 0.3) is 0 Å². The second-order valence-corrected chi connectivity index (χ2v) is 18.9. The molecular weight excluding hydrogens is 767 g/mol. The van der Waals surface area contributed by atoms with E-state index in [2.05, 4.69) is 31.3 Å². The molecule has 0 heterocycles. The number of carbonyl (C=O) groups is 2. The monoisotopic (exact) mass is 874 g/mol. The molecule has 2 unspecified atom stereocenters. The highest BCUT2D eigenvalue weighted by molar-refractivity contribution is 5.76. The number of carbonyl (C=O) groups excluding carboxylic acids is 2. The van der Waals surface area contributed by atoms with Gasteiger partial charge in [-0.3, -0.25) is 9.59 Å². The molecule has 0 saturated heterocycles. The van der Waals surface area contributed by atoms with Gasteiger partial charge in [-0.2, -0.15) is 0 Å². The molecule has 62 heavy (non-hydrogen) atoms. The van der Waals surface area contributed by atoms with Gasteiger partial charge >= 0.3 is 5.97 Å². The number of nitrogens with one attached hydrogen (secondary N) is 1. The molecule has 2 atom stereocenters. The average molecular weight is 874 g/mol. The van der Waals surface area contributed by atoms with E-state index >= 15 is 0 Å². The van der Waals surface area contributed by atoms with Crippen LogP contribution in [0.3, 0.4) is 0 Å².